The van der Waals surface area contributed by atoms with Crippen LogP contribution in [-0.4, -0.2) is 4.98 Å². The summed E-state index contributed by atoms with van der Waals surface area (Å²) in [7, 11) is 0. The molecule has 0 aromatic carbocycles. The Morgan fingerprint density at radius 1 is 1.27 bits per heavy atom. The van der Waals surface area contributed by atoms with Gasteiger partial charge < -0.3 is 0 Å². The number of pyridine rings is 1. The van der Waals surface area contributed by atoms with Crippen molar-refractivity contribution < 1.29 is 0 Å². The molecule has 0 radical (unpaired) electrons. The Bertz CT molecular complexity index is 158. The Morgan fingerprint density at radius 3 is 2.18 bits per heavy atom. The average molecular weight is 151 g/mol. The molecule has 0 spiro atoms. The van der Waals surface area contributed by atoms with E-state index in [1.165, 1.54) is 12.0 Å². The first-order chi connectivity index (χ1) is 5.35. The fourth-order valence-corrected chi connectivity index (χ4v) is 0.607. The maximum Gasteiger partial charge on any atom is 0.0299 e. The molecule has 1 heterocycles. The molecule has 0 unspecified atom stereocenters. The van der Waals surface area contributed by atoms with Crippen LogP contribution in [0.25, 0.3) is 0 Å². The Kier molecular flexibility index (Phi) is 6.70. The van der Waals surface area contributed by atoms with E-state index in [0.717, 1.165) is 6.42 Å². The van der Waals surface area contributed by atoms with Crippen molar-refractivity contribution in [1.82, 2.24) is 4.98 Å². The van der Waals surface area contributed by atoms with Crippen molar-refractivity contribution in [2.24, 2.45) is 0 Å². The second kappa shape index (κ2) is 7.26. The average Bonchev–Trinajstić information content (AvgIpc) is 2.08. The molecule has 1 rings (SSSR count). The summed E-state index contributed by atoms with van der Waals surface area (Å²) in [4.78, 5) is 3.96. The lowest BCUT2D eigenvalue weighted by Crippen LogP contribution is -1.77. The Labute approximate surface area is 69.5 Å². The van der Waals surface area contributed by atoms with Crippen LogP contribution in [0.4, 0.5) is 0 Å². The van der Waals surface area contributed by atoms with Gasteiger partial charge in [0.1, 0.15) is 0 Å². The quantitative estimate of drug-likeness (QED) is 0.601. The third-order valence-corrected chi connectivity index (χ3v) is 1.13. The van der Waals surface area contributed by atoms with Gasteiger partial charge in [-0.05, 0) is 18.1 Å². The van der Waals surface area contributed by atoms with Crippen LogP contribution < -0.4 is 0 Å². The van der Waals surface area contributed by atoms with Crippen LogP contribution in [0.3, 0.4) is 0 Å². The van der Waals surface area contributed by atoms with Gasteiger partial charge in [0, 0.05) is 12.4 Å². The highest BCUT2D eigenvalue weighted by atomic mass is 14.6. The number of hydrogen-bond donors (Lipinski definition) is 0. The van der Waals surface area contributed by atoms with Crippen LogP contribution in [0.2, 0.25) is 0 Å². The number of nitrogens with zero attached hydrogens (tertiary/aromatic N) is 1. The topological polar surface area (TPSA) is 12.9 Å². The molecule has 0 atom stereocenters. The summed E-state index contributed by atoms with van der Waals surface area (Å²) in [6, 6.07) is 4.03. The van der Waals surface area contributed by atoms with E-state index in [0.29, 0.717) is 0 Å². The highest BCUT2D eigenvalue weighted by molar-refractivity contribution is 5.07. The van der Waals surface area contributed by atoms with Gasteiger partial charge in [0.25, 0.3) is 0 Å². The van der Waals surface area contributed by atoms with Crippen molar-refractivity contribution in [2.75, 3.05) is 0 Å². The van der Waals surface area contributed by atoms with Crippen LogP contribution in [-0.2, 0) is 6.42 Å². The molecule has 1 aromatic rings. The Morgan fingerprint density at radius 2 is 1.91 bits per heavy atom. The SMILES string of the molecule is CCC.CCc1cccnc1. The van der Waals surface area contributed by atoms with E-state index in [4.69, 9.17) is 0 Å². The van der Waals surface area contributed by atoms with E-state index in [9.17, 15) is 0 Å². The summed E-state index contributed by atoms with van der Waals surface area (Å²) >= 11 is 0. The monoisotopic (exact) mass is 151 g/mol. The van der Waals surface area contributed by atoms with Gasteiger partial charge in [-0.15, -0.1) is 0 Å². The van der Waals surface area contributed by atoms with E-state index in [1.807, 2.05) is 12.3 Å². The smallest absolute Gasteiger partial charge is 0.0299 e. The Hall–Kier alpha value is -0.850. The summed E-state index contributed by atoms with van der Waals surface area (Å²) in [6.45, 7) is 6.37. The summed E-state index contributed by atoms with van der Waals surface area (Å²) in [5.41, 5.74) is 1.30. The minimum Gasteiger partial charge on any atom is -0.264 e. The fourth-order valence-electron chi connectivity index (χ4n) is 0.607. The third-order valence-electron chi connectivity index (χ3n) is 1.13. The zero-order valence-electron chi connectivity index (χ0n) is 7.67. The van der Waals surface area contributed by atoms with Crippen molar-refractivity contribution >= 4 is 0 Å². The van der Waals surface area contributed by atoms with Crippen LogP contribution in [0.5, 0.6) is 0 Å². The first-order valence-electron chi connectivity index (χ1n) is 4.24. The van der Waals surface area contributed by atoms with Crippen LogP contribution in [0.1, 0.15) is 32.8 Å². The number of rotatable bonds is 1. The molecule has 0 saturated heterocycles. The molecule has 1 aromatic heterocycles. The van der Waals surface area contributed by atoms with Gasteiger partial charge in [-0.2, -0.15) is 0 Å². The van der Waals surface area contributed by atoms with E-state index < -0.39 is 0 Å². The van der Waals surface area contributed by atoms with Crippen LogP contribution in [0, 0.1) is 0 Å². The van der Waals surface area contributed by atoms with Gasteiger partial charge >= 0.3 is 0 Å². The molecule has 0 bridgehead atoms. The van der Waals surface area contributed by atoms with Gasteiger partial charge in [0.05, 0.1) is 0 Å². The minimum absolute atomic E-state index is 1.08. The van der Waals surface area contributed by atoms with Gasteiger partial charge in [-0.3, -0.25) is 4.98 Å². The first kappa shape index (κ1) is 10.2. The molecular formula is C10H17N. The first-order valence-corrected chi connectivity index (χ1v) is 4.24. The molecule has 62 valence electrons. The molecular weight excluding hydrogens is 134 g/mol. The molecule has 1 heteroatoms. The molecule has 0 aliphatic heterocycles. The normalized spacial score (nSPS) is 8.27. The molecule has 0 fully saturated rings. The van der Waals surface area contributed by atoms with Crippen molar-refractivity contribution in [3.8, 4) is 0 Å². The van der Waals surface area contributed by atoms with E-state index in [-0.39, 0.29) is 0 Å². The number of hydrogen-bond acceptors (Lipinski definition) is 1. The molecule has 0 aliphatic rings. The molecule has 0 amide bonds. The second-order valence-electron chi connectivity index (χ2n) is 2.42. The summed E-state index contributed by atoms with van der Waals surface area (Å²) in [5.74, 6) is 0. The maximum atomic E-state index is 3.96. The molecule has 1 nitrogen and oxygen atoms in total. The second-order valence-corrected chi connectivity index (χ2v) is 2.42. The summed E-state index contributed by atoms with van der Waals surface area (Å²) in [5, 5.41) is 0. The van der Waals surface area contributed by atoms with Crippen molar-refractivity contribution in [2.45, 2.75) is 33.6 Å². The number of aryl methyl sites for hydroxylation is 1. The molecule has 0 saturated carbocycles. The zero-order valence-corrected chi connectivity index (χ0v) is 7.67. The molecule has 0 aliphatic carbocycles. The third kappa shape index (κ3) is 5.59. The lowest BCUT2D eigenvalue weighted by molar-refractivity contribution is 1.09. The van der Waals surface area contributed by atoms with Crippen molar-refractivity contribution in [1.29, 1.82) is 0 Å². The predicted octanol–water partition coefficient (Wildman–Crippen LogP) is 3.06. The maximum absolute atomic E-state index is 3.96. The van der Waals surface area contributed by atoms with Crippen LogP contribution in [0.15, 0.2) is 24.5 Å². The number of aromatic nitrogens is 1. The van der Waals surface area contributed by atoms with Crippen molar-refractivity contribution in [3.63, 3.8) is 0 Å². The standard InChI is InChI=1S/C7H9N.C3H8/c1-2-7-4-3-5-8-6-7;1-3-2/h3-6H,2H2,1H3;3H2,1-2H3. The lowest BCUT2D eigenvalue weighted by Gasteiger charge is -1.88. The van der Waals surface area contributed by atoms with Gasteiger partial charge in [0.15, 0.2) is 0 Å². The van der Waals surface area contributed by atoms with E-state index >= 15 is 0 Å². The van der Waals surface area contributed by atoms with Gasteiger partial charge in [-0.1, -0.05) is 33.3 Å². The Balaban J connectivity index is 0.000000292. The highest BCUT2D eigenvalue weighted by Gasteiger charge is 1.81. The molecule has 0 N–H and O–H groups in total. The fraction of sp³-hybridized carbons (Fsp3) is 0.500. The zero-order chi connectivity index (χ0) is 8.53. The van der Waals surface area contributed by atoms with Gasteiger partial charge in [-0.25, -0.2) is 0 Å². The van der Waals surface area contributed by atoms with E-state index in [2.05, 4.69) is 31.8 Å². The lowest BCUT2D eigenvalue weighted by atomic mass is 10.2. The highest BCUT2D eigenvalue weighted by Crippen LogP contribution is 1.93. The minimum atomic E-state index is 1.08. The summed E-state index contributed by atoms with van der Waals surface area (Å²) < 4.78 is 0. The largest absolute Gasteiger partial charge is 0.264 e. The predicted molar refractivity (Wildman–Crippen MR) is 49.6 cm³/mol. The van der Waals surface area contributed by atoms with Crippen molar-refractivity contribution in [3.05, 3.63) is 30.1 Å². The van der Waals surface area contributed by atoms with Crippen LogP contribution >= 0.6 is 0 Å². The summed E-state index contributed by atoms with van der Waals surface area (Å²) in [6.07, 6.45) is 6.01. The van der Waals surface area contributed by atoms with Gasteiger partial charge in [0.2, 0.25) is 0 Å². The van der Waals surface area contributed by atoms with E-state index in [1.54, 1.807) is 6.20 Å². The molecule has 11 heavy (non-hydrogen) atoms.